The van der Waals surface area contributed by atoms with Gasteiger partial charge in [0.15, 0.2) is 0 Å². The number of benzene rings is 1. The minimum atomic E-state index is 0.838. The molecule has 16 heavy (non-hydrogen) atoms. The lowest BCUT2D eigenvalue weighted by Crippen LogP contribution is -2.34. The van der Waals surface area contributed by atoms with Crippen LogP contribution >= 0.6 is 15.9 Å². The van der Waals surface area contributed by atoms with Crippen LogP contribution in [-0.2, 0) is 0 Å². The second-order valence-corrected chi connectivity index (χ2v) is 5.47. The van der Waals surface area contributed by atoms with Gasteiger partial charge < -0.3 is 10.2 Å². The first-order valence-electron chi connectivity index (χ1n) is 5.93. The molecule has 1 heterocycles. The Labute approximate surface area is 106 Å². The quantitative estimate of drug-likeness (QED) is 0.917. The molecule has 1 aliphatic rings. The van der Waals surface area contributed by atoms with Crippen molar-refractivity contribution in [3.05, 3.63) is 28.7 Å². The highest BCUT2D eigenvalue weighted by molar-refractivity contribution is 9.10. The fraction of sp³-hybridized carbons (Fsp3) is 0.538. The molecule has 0 aromatic heterocycles. The van der Waals surface area contributed by atoms with E-state index >= 15 is 0 Å². The lowest BCUT2D eigenvalue weighted by molar-refractivity contribution is 0.378. The fourth-order valence-electron chi connectivity index (χ4n) is 2.27. The molecule has 1 aliphatic heterocycles. The molecule has 1 fully saturated rings. The predicted molar refractivity (Wildman–Crippen MR) is 73.0 cm³/mol. The zero-order chi connectivity index (χ0) is 11.4. The number of halogens is 1. The first-order valence-corrected chi connectivity index (χ1v) is 6.72. The second kappa shape index (κ2) is 5.69. The van der Waals surface area contributed by atoms with E-state index in [-0.39, 0.29) is 0 Å². The minimum Gasteiger partial charge on any atom is -0.374 e. The maximum absolute atomic E-state index is 3.52. The van der Waals surface area contributed by atoms with E-state index in [0.29, 0.717) is 0 Å². The summed E-state index contributed by atoms with van der Waals surface area (Å²) in [6.07, 6.45) is 2.61. The van der Waals surface area contributed by atoms with Crippen LogP contribution in [0, 0.1) is 5.92 Å². The van der Waals surface area contributed by atoms with Gasteiger partial charge in [-0.05, 0) is 50.0 Å². The first kappa shape index (κ1) is 11.9. The number of hydrogen-bond donors (Lipinski definition) is 1. The van der Waals surface area contributed by atoms with E-state index in [9.17, 15) is 0 Å². The van der Waals surface area contributed by atoms with Crippen molar-refractivity contribution in [3.8, 4) is 0 Å². The molecule has 1 N–H and O–H groups in total. The van der Waals surface area contributed by atoms with Gasteiger partial charge in [-0.1, -0.05) is 22.0 Å². The van der Waals surface area contributed by atoms with Crippen LogP contribution in [0.1, 0.15) is 12.8 Å². The van der Waals surface area contributed by atoms with Crippen molar-refractivity contribution in [2.24, 2.45) is 5.92 Å². The Hall–Kier alpha value is -0.540. The Morgan fingerprint density at radius 2 is 2.12 bits per heavy atom. The summed E-state index contributed by atoms with van der Waals surface area (Å²) in [7, 11) is 2.18. The monoisotopic (exact) mass is 282 g/mol. The standard InChI is InChI=1S/C13H19BrN2/c1-16(10-11-5-7-15-8-6-11)13-4-2-3-12(14)9-13/h2-4,9,11,15H,5-8,10H2,1H3. The van der Waals surface area contributed by atoms with Crippen molar-refractivity contribution >= 4 is 21.6 Å². The number of anilines is 1. The number of nitrogens with one attached hydrogen (secondary N) is 1. The van der Waals surface area contributed by atoms with Crippen molar-refractivity contribution in [1.82, 2.24) is 5.32 Å². The molecule has 0 bridgehead atoms. The molecule has 1 saturated heterocycles. The molecule has 0 spiro atoms. The summed E-state index contributed by atoms with van der Waals surface area (Å²) in [5.41, 5.74) is 1.30. The maximum Gasteiger partial charge on any atom is 0.0375 e. The van der Waals surface area contributed by atoms with Crippen LogP contribution in [0.5, 0.6) is 0 Å². The number of piperidine rings is 1. The molecule has 3 heteroatoms. The predicted octanol–water partition coefficient (Wildman–Crippen LogP) is 2.88. The van der Waals surface area contributed by atoms with Crippen molar-refractivity contribution in [3.63, 3.8) is 0 Å². The van der Waals surface area contributed by atoms with Crippen LogP contribution < -0.4 is 10.2 Å². The van der Waals surface area contributed by atoms with E-state index in [1.54, 1.807) is 0 Å². The van der Waals surface area contributed by atoms with Gasteiger partial charge in [-0.15, -0.1) is 0 Å². The van der Waals surface area contributed by atoms with E-state index < -0.39 is 0 Å². The molecule has 1 aromatic rings. The molecular weight excluding hydrogens is 264 g/mol. The summed E-state index contributed by atoms with van der Waals surface area (Å²) >= 11 is 3.52. The molecule has 2 rings (SSSR count). The molecule has 1 aromatic carbocycles. The summed E-state index contributed by atoms with van der Waals surface area (Å²) in [5, 5.41) is 3.41. The molecule has 88 valence electrons. The van der Waals surface area contributed by atoms with Crippen molar-refractivity contribution in [1.29, 1.82) is 0 Å². The number of hydrogen-bond acceptors (Lipinski definition) is 2. The summed E-state index contributed by atoms with van der Waals surface area (Å²) in [4.78, 5) is 2.36. The summed E-state index contributed by atoms with van der Waals surface area (Å²) in [5.74, 6) is 0.838. The highest BCUT2D eigenvalue weighted by atomic mass is 79.9. The second-order valence-electron chi connectivity index (χ2n) is 4.55. The van der Waals surface area contributed by atoms with Crippen molar-refractivity contribution in [2.75, 3.05) is 31.6 Å². The summed E-state index contributed by atoms with van der Waals surface area (Å²) < 4.78 is 1.15. The fourth-order valence-corrected chi connectivity index (χ4v) is 2.66. The van der Waals surface area contributed by atoms with Gasteiger partial charge in [0.2, 0.25) is 0 Å². The van der Waals surface area contributed by atoms with E-state index in [0.717, 1.165) is 16.9 Å². The first-order chi connectivity index (χ1) is 7.75. The van der Waals surface area contributed by atoms with E-state index in [1.165, 1.54) is 31.6 Å². The molecule has 0 amide bonds. The number of rotatable bonds is 3. The SMILES string of the molecule is CN(CC1CCNCC1)c1cccc(Br)c1. The van der Waals surface area contributed by atoms with Gasteiger partial charge in [-0.2, -0.15) is 0 Å². The van der Waals surface area contributed by atoms with Crippen LogP contribution in [0.4, 0.5) is 5.69 Å². The lowest BCUT2D eigenvalue weighted by Gasteiger charge is -2.28. The smallest absolute Gasteiger partial charge is 0.0375 e. The summed E-state index contributed by atoms with van der Waals surface area (Å²) in [6.45, 7) is 3.52. The average molecular weight is 283 g/mol. The Morgan fingerprint density at radius 1 is 1.38 bits per heavy atom. The molecule has 0 aliphatic carbocycles. The lowest BCUT2D eigenvalue weighted by atomic mass is 9.97. The zero-order valence-electron chi connectivity index (χ0n) is 9.75. The van der Waals surface area contributed by atoms with Gasteiger partial charge in [-0.25, -0.2) is 0 Å². The molecule has 0 unspecified atom stereocenters. The van der Waals surface area contributed by atoms with Crippen LogP contribution in [0.15, 0.2) is 28.7 Å². The third-order valence-corrected chi connectivity index (χ3v) is 3.73. The minimum absolute atomic E-state index is 0.838. The van der Waals surface area contributed by atoms with E-state index in [2.05, 4.69) is 57.5 Å². The Morgan fingerprint density at radius 3 is 2.81 bits per heavy atom. The van der Waals surface area contributed by atoms with Crippen molar-refractivity contribution in [2.45, 2.75) is 12.8 Å². The molecular formula is C13H19BrN2. The van der Waals surface area contributed by atoms with Crippen LogP contribution in [0.2, 0.25) is 0 Å². The Bertz CT molecular complexity index is 334. The van der Waals surface area contributed by atoms with E-state index in [4.69, 9.17) is 0 Å². The third-order valence-electron chi connectivity index (χ3n) is 3.24. The van der Waals surface area contributed by atoms with Crippen LogP contribution in [0.25, 0.3) is 0 Å². The van der Waals surface area contributed by atoms with Gasteiger partial charge in [0, 0.05) is 23.8 Å². The molecule has 0 atom stereocenters. The normalized spacial score (nSPS) is 17.4. The molecule has 2 nitrogen and oxygen atoms in total. The van der Waals surface area contributed by atoms with Gasteiger partial charge in [0.05, 0.1) is 0 Å². The molecule has 0 saturated carbocycles. The zero-order valence-corrected chi connectivity index (χ0v) is 11.3. The van der Waals surface area contributed by atoms with Gasteiger partial charge >= 0.3 is 0 Å². The summed E-state index contributed by atoms with van der Waals surface area (Å²) in [6, 6.07) is 8.52. The average Bonchev–Trinajstić information content (AvgIpc) is 2.30. The highest BCUT2D eigenvalue weighted by Crippen LogP contribution is 2.21. The maximum atomic E-state index is 3.52. The third kappa shape index (κ3) is 3.22. The van der Waals surface area contributed by atoms with E-state index in [1.807, 2.05) is 0 Å². The Kier molecular flexibility index (Phi) is 4.24. The van der Waals surface area contributed by atoms with Gasteiger partial charge in [0.25, 0.3) is 0 Å². The Balaban J connectivity index is 1.94. The number of nitrogens with zero attached hydrogens (tertiary/aromatic N) is 1. The van der Waals surface area contributed by atoms with Gasteiger partial charge in [0.1, 0.15) is 0 Å². The topological polar surface area (TPSA) is 15.3 Å². The van der Waals surface area contributed by atoms with Crippen LogP contribution in [-0.4, -0.2) is 26.7 Å². The highest BCUT2D eigenvalue weighted by Gasteiger charge is 2.15. The van der Waals surface area contributed by atoms with Crippen LogP contribution in [0.3, 0.4) is 0 Å². The molecule has 0 radical (unpaired) electrons. The van der Waals surface area contributed by atoms with Gasteiger partial charge in [-0.3, -0.25) is 0 Å². The largest absolute Gasteiger partial charge is 0.374 e. The van der Waals surface area contributed by atoms with Crippen molar-refractivity contribution < 1.29 is 0 Å².